The summed E-state index contributed by atoms with van der Waals surface area (Å²) in [5, 5.41) is -3.00. The van der Waals surface area contributed by atoms with Gasteiger partial charge in [-0.3, -0.25) is 4.98 Å². The second-order valence-electron chi connectivity index (χ2n) is 4.24. The molecule has 20 heavy (non-hydrogen) atoms. The van der Waals surface area contributed by atoms with E-state index in [0.29, 0.717) is 11.8 Å². The van der Waals surface area contributed by atoms with Gasteiger partial charge in [-0.05, 0) is 12.1 Å². The van der Waals surface area contributed by atoms with Crippen LogP contribution >= 0.6 is 11.8 Å². The summed E-state index contributed by atoms with van der Waals surface area (Å²) in [7, 11) is 0. The van der Waals surface area contributed by atoms with Crippen molar-refractivity contribution in [2.75, 3.05) is 0 Å². The molecule has 0 spiro atoms. The Morgan fingerprint density at radius 3 is 2.25 bits per heavy atom. The van der Waals surface area contributed by atoms with Gasteiger partial charge in [0.15, 0.2) is 0 Å². The van der Waals surface area contributed by atoms with Crippen LogP contribution in [0.25, 0.3) is 0 Å². The van der Waals surface area contributed by atoms with Crippen LogP contribution in [0.3, 0.4) is 0 Å². The molecule has 0 bridgehead atoms. The topological polar surface area (TPSA) is 25.2 Å². The summed E-state index contributed by atoms with van der Waals surface area (Å²) in [4.78, 5) is 7.16. The predicted octanol–water partition coefficient (Wildman–Crippen LogP) is 3.99. The fourth-order valence-electron chi connectivity index (χ4n) is 1.90. The van der Waals surface area contributed by atoms with E-state index in [-0.39, 0.29) is 16.3 Å². The molecule has 2 heterocycles. The van der Waals surface area contributed by atoms with E-state index in [2.05, 4.69) is 9.98 Å². The standard InChI is InChI=1S/C14H9F3N2S/c15-13(10-6-2-1-3-7-10)14(16,17)19-12(20-13)11-8-4-5-9-18-11/h1-9H. The first-order valence-electron chi connectivity index (χ1n) is 5.85. The van der Waals surface area contributed by atoms with Crippen LogP contribution in [0.5, 0.6) is 0 Å². The normalized spacial score (nSPS) is 24.4. The highest BCUT2D eigenvalue weighted by Gasteiger charge is 2.62. The summed E-state index contributed by atoms with van der Waals surface area (Å²) in [5.41, 5.74) is 0.136. The van der Waals surface area contributed by atoms with Crippen molar-refractivity contribution in [1.29, 1.82) is 0 Å². The molecule has 0 saturated carbocycles. The second kappa shape index (κ2) is 4.63. The van der Waals surface area contributed by atoms with E-state index in [0.717, 1.165) is 0 Å². The summed E-state index contributed by atoms with van der Waals surface area (Å²) >= 11 is 0.397. The third kappa shape index (κ3) is 2.00. The van der Waals surface area contributed by atoms with Gasteiger partial charge in [-0.25, -0.2) is 9.38 Å². The summed E-state index contributed by atoms with van der Waals surface area (Å²) in [6.07, 6.45) is 1.46. The van der Waals surface area contributed by atoms with Crippen molar-refractivity contribution in [3.63, 3.8) is 0 Å². The van der Waals surface area contributed by atoms with Crippen LogP contribution in [0.4, 0.5) is 13.2 Å². The summed E-state index contributed by atoms with van der Waals surface area (Å²) in [5.74, 6) is 0. The Bertz CT molecular complexity index is 646. The quantitative estimate of drug-likeness (QED) is 0.782. The Kier molecular flexibility index (Phi) is 3.05. The van der Waals surface area contributed by atoms with Crippen molar-refractivity contribution in [2.24, 2.45) is 4.99 Å². The zero-order valence-corrected chi connectivity index (χ0v) is 10.9. The van der Waals surface area contributed by atoms with Gasteiger partial charge in [0.25, 0.3) is 5.00 Å². The van der Waals surface area contributed by atoms with Crippen LogP contribution in [-0.2, 0) is 5.00 Å². The first kappa shape index (κ1) is 13.2. The number of rotatable bonds is 2. The van der Waals surface area contributed by atoms with Gasteiger partial charge < -0.3 is 0 Å². The molecule has 1 aliphatic rings. The first-order chi connectivity index (χ1) is 9.53. The molecule has 0 N–H and O–H groups in total. The highest BCUT2D eigenvalue weighted by molar-refractivity contribution is 8.15. The van der Waals surface area contributed by atoms with Gasteiger partial charge in [0, 0.05) is 11.8 Å². The SMILES string of the molecule is FC1(F)N=C(c2ccccn2)SC1(F)c1ccccc1. The van der Waals surface area contributed by atoms with Gasteiger partial charge in [-0.2, -0.15) is 8.78 Å². The first-order valence-corrected chi connectivity index (χ1v) is 6.67. The van der Waals surface area contributed by atoms with Gasteiger partial charge in [-0.15, -0.1) is 0 Å². The molecule has 1 unspecified atom stereocenters. The van der Waals surface area contributed by atoms with Crippen molar-refractivity contribution < 1.29 is 13.2 Å². The fraction of sp³-hybridized carbons (Fsp3) is 0.143. The van der Waals surface area contributed by atoms with E-state index in [4.69, 9.17) is 0 Å². The predicted molar refractivity (Wildman–Crippen MR) is 72.5 cm³/mol. The van der Waals surface area contributed by atoms with E-state index < -0.39 is 11.0 Å². The summed E-state index contributed by atoms with van der Waals surface area (Å²) < 4.78 is 42.8. The Morgan fingerprint density at radius 1 is 0.900 bits per heavy atom. The van der Waals surface area contributed by atoms with Gasteiger partial charge in [0.1, 0.15) is 5.04 Å². The summed E-state index contributed by atoms with van der Waals surface area (Å²) in [6.45, 7) is 0. The number of aromatic nitrogens is 1. The lowest BCUT2D eigenvalue weighted by molar-refractivity contribution is -0.0815. The second-order valence-corrected chi connectivity index (χ2v) is 5.39. The maximum absolute atomic E-state index is 14.8. The van der Waals surface area contributed by atoms with E-state index >= 15 is 0 Å². The van der Waals surface area contributed by atoms with Gasteiger partial charge in [0.2, 0.25) is 0 Å². The third-order valence-corrected chi connectivity index (χ3v) is 4.15. The number of halogens is 3. The summed E-state index contributed by atoms with van der Waals surface area (Å²) in [6, 6.07) is 8.34. The van der Waals surface area contributed by atoms with E-state index in [9.17, 15) is 13.2 Å². The molecular formula is C14H9F3N2S. The largest absolute Gasteiger partial charge is 0.391 e. The number of benzene rings is 1. The third-order valence-electron chi connectivity index (χ3n) is 2.90. The fourth-order valence-corrected chi connectivity index (χ4v) is 2.98. The molecule has 0 aliphatic carbocycles. The minimum absolute atomic E-state index is 0.0954. The Balaban J connectivity index is 2.02. The molecule has 0 radical (unpaired) electrons. The minimum Gasteiger partial charge on any atom is -0.254 e. The van der Waals surface area contributed by atoms with Crippen LogP contribution in [0.1, 0.15) is 11.3 Å². The Morgan fingerprint density at radius 2 is 1.60 bits per heavy atom. The van der Waals surface area contributed by atoms with Crippen molar-refractivity contribution >= 4 is 16.8 Å². The van der Waals surface area contributed by atoms with Gasteiger partial charge >= 0.3 is 6.05 Å². The molecule has 3 rings (SSSR count). The molecule has 0 fully saturated rings. The average Bonchev–Trinajstić information content (AvgIpc) is 2.72. The molecule has 0 amide bonds. The molecule has 1 aliphatic heterocycles. The molecule has 2 nitrogen and oxygen atoms in total. The van der Waals surface area contributed by atoms with Crippen molar-refractivity contribution in [1.82, 2.24) is 4.98 Å². The number of hydrogen-bond donors (Lipinski definition) is 0. The number of alkyl halides is 3. The molecular weight excluding hydrogens is 285 g/mol. The van der Waals surface area contributed by atoms with Crippen LogP contribution in [0, 0.1) is 0 Å². The Hall–Kier alpha value is -1.82. The lowest BCUT2D eigenvalue weighted by Gasteiger charge is -2.24. The van der Waals surface area contributed by atoms with Crippen LogP contribution < -0.4 is 0 Å². The maximum atomic E-state index is 14.8. The molecule has 2 aromatic rings. The van der Waals surface area contributed by atoms with E-state index in [1.54, 1.807) is 18.2 Å². The number of thioether (sulfide) groups is 1. The minimum atomic E-state index is -3.83. The molecule has 1 atom stereocenters. The van der Waals surface area contributed by atoms with Gasteiger partial charge in [-0.1, -0.05) is 48.2 Å². The van der Waals surface area contributed by atoms with Crippen LogP contribution in [0.2, 0.25) is 0 Å². The number of nitrogens with zero attached hydrogens (tertiary/aromatic N) is 2. The zero-order valence-electron chi connectivity index (χ0n) is 10.1. The highest BCUT2D eigenvalue weighted by atomic mass is 32.2. The van der Waals surface area contributed by atoms with Gasteiger partial charge in [0.05, 0.1) is 5.69 Å². The monoisotopic (exact) mass is 294 g/mol. The molecule has 102 valence electrons. The average molecular weight is 294 g/mol. The molecule has 6 heteroatoms. The van der Waals surface area contributed by atoms with Crippen molar-refractivity contribution in [3.8, 4) is 0 Å². The van der Waals surface area contributed by atoms with Crippen LogP contribution in [-0.4, -0.2) is 16.1 Å². The lowest BCUT2D eigenvalue weighted by Crippen LogP contribution is -2.33. The lowest BCUT2D eigenvalue weighted by atomic mass is 10.1. The number of aliphatic imine (C=N–C) groups is 1. The Labute approximate surface area is 117 Å². The smallest absolute Gasteiger partial charge is 0.254 e. The van der Waals surface area contributed by atoms with Crippen molar-refractivity contribution in [2.45, 2.75) is 11.0 Å². The zero-order chi connectivity index (χ0) is 14.2. The number of hydrogen-bond acceptors (Lipinski definition) is 3. The van der Waals surface area contributed by atoms with Crippen molar-refractivity contribution in [3.05, 3.63) is 66.0 Å². The highest BCUT2D eigenvalue weighted by Crippen LogP contribution is 2.56. The molecule has 1 aromatic carbocycles. The maximum Gasteiger partial charge on any atom is 0.391 e. The number of pyridine rings is 1. The van der Waals surface area contributed by atoms with Crippen LogP contribution in [0.15, 0.2) is 59.7 Å². The molecule has 0 saturated heterocycles. The molecule has 1 aromatic heterocycles. The van der Waals surface area contributed by atoms with E-state index in [1.807, 2.05) is 0 Å². The van der Waals surface area contributed by atoms with E-state index in [1.165, 1.54) is 36.5 Å².